The van der Waals surface area contributed by atoms with Crippen molar-refractivity contribution in [2.75, 3.05) is 6.61 Å². The number of carbonyl (C=O) groups excluding carboxylic acids is 2. The van der Waals surface area contributed by atoms with Gasteiger partial charge in [-0.25, -0.2) is 12.7 Å². The van der Waals surface area contributed by atoms with E-state index in [1.807, 2.05) is 0 Å². The molecular formula is C13H11NO6S. The minimum atomic E-state index is -3.95. The number of ether oxygens (including phenoxy) is 2. The SMILES string of the molecule is O=C1CC(N2C(=O)c3ccccc3S2(=O)=O)C2COC1O2. The fourth-order valence-corrected chi connectivity index (χ4v) is 4.77. The van der Waals surface area contributed by atoms with Gasteiger partial charge in [-0.2, -0.15) is 0 Å². The predicted molar refractivity (Wildman–Crippen MR) is 67.8 cm³/mol. The van der Waals surface area contributed by atoms with Crippen molar-refractivity contribution in [1.82, 2.24) is 4.31 Å². The fourth-order valence-electron chi connectivity index (χ4n) is 2.99. The minimum absolute atomic E-state index is 0.0245. The lowest BCUT2D eigenvalue weighted by Gasteiger charge is -2.32. The van der Waals surface area contributed by atoms with Crippen LogP contribution in [0.15, 0.2) is 29.2 Å². The van der Waals surface area contributed by atoms with Crippen LogP contribution in [-0.2, 0) is 24.3 Å². The van der Waals surface area contributed by atoms with Gasteiger partial charge in [0, 0.05) is 6.42 Å². The van der Waals surface area contributed by atoms with Crippen molar-refractivity contribution in [1.29, 1.82) is 0 Å². The molecule has 0 spiro atoms. The number of sulfonamides is 1. The van der Waals surface area contributed by atoms with Crippen molar-refractivity contribution in [3.8, 4) is 0 Å². The number of fused-ring (bicyclic) bond motifs is 3. The standard InChI is InChI=1S/C13H11NO6S/c15-9-5-8(10-6-19-13(9)20-10)14-12(16)7-3-1-2-4-11(7)21(14,17)18/h1-4,8,10,13H,5-6H2. The summed E-state index contributed by atoms with van der Waals surface area (Å²) >= 11 is 0. The molecule has 110 valence electrons. The second-order valence-electron chi connectivity index (χ2n) is 5.18. The van der Waals surface area contributed by atoms with Gasteiger partial charge in [0.15, 0.2) is 5.78 Å². The Bertz CT molecular complexity index is 758. The number of carbonyl (C=O) groups is 2. The number of ketones is 1. The van der Waals surface area contributed by atoms with Gasteiger partial charge in [-0.15, -0.1) is 0 Å². The number of hydrogen-bond acceptors (Lipinski definition) is 6. The van der Waals surface area contributed by atoms with Gasteiger partial charge < -0.3 is 9.47 Å². The molecule has 0 saturated carbocycles. The van der Waals surface area contributed by atoms with Crippen LogP contribution >= 0.6 is 0 Å². The normalized spacial score (nSPS) is 33.3. The van der Waals surface area contributed by atoms with Gasteiger partial charge in [0.05, 0.1) is 18.2 Å². The number of rotatable bonds is 1. The molecule has 2 fully saturated rings. The third-order valence-electron chi connectivity index (χ3n) is 3.97. The van der Waals surface area contributed by atoms with E-state index in [9.17, 15) is 18.0 Å². The molecule has 1 aromatic rings. The molecule has 4 rings (SSSR count). The monoisotopic (exact) mass is 309 g/mol. The summed E-state index contributed by atoms with van der Waals surface area (Å²) in [4.78, 5) is 24.2. The fraction of sp³-hybridized carbons (Fsp3) is 0.385. The van der Waals surface area contributed by atoms with Gasteiger partial charge in [0.1, 0.15) is 11.0 Å². The van der Waals surface area contributed by atoms with Crippen LogP contribution in [0.5, 0.6) is 0 Å². The largest absolute Gasteiger partial charge is 0.343 e. The second kappa shape index (κ2) is 4.12. The van der Waals surface area contributed by atoms with E-state index in [4.69, 9.17) is 9.47 Å². The number of amides is 1. The Kier molecular flexibility index (Phi) is 2.54. The van der Waals surface area contributed by atoms with Crippen molar-refractivity contribution >= 4 is 21.7 Å². The van der Waals surface area contributed by atoms with E-state index in [2.05, 4.69) is 0 Å². The van der Waals surface area contributed by atoms with Crippen molar-refractivity contribution in [2.45, 2.75) is 29.8 Å². The van der Waals surface area contributed by atoms with Crippen LogP contribution in [0, 0.1) is 0 Å². The molecule has 3 atom stereocenters. The quantitative estimate of drug-likeness (QED) is 0.720. The Labute approximate surface area is 120 Å². The van der Waals surface area contributed by atoms with Crippen LogP contribution in [-0.4, -0.2) is 49.5 Å². The smallest absolute Gasteiger partial charge is 0.269 e. The molecule has 7 nitrogen and oxygen atoms in total. The summed E-state index contributed by atoms with van der Waals surface area (Å²) in [6, 6.07) is 5.18. The molecule has 0 N–H and O–H groups in total. The second-order valence-corrected chi connectivity index (χ2v) is 6.96. The Morgan fingerprint density at radius 2 is 1.95 bits per heavy atom. The highest BCUT2D eigenvalue weighted by Gasteiger charge is 2.53. The zero-order valence-electron chi connectivity index (χ0n) is 10.8. The van der Waals surface area contributed by atoms with Crippen LogP contribution in [0.1, 0.15) is 16.8 Å². The lowest BCUT2D eigenvalue weighted by atomic mass is 10.0. The average molecular weight is 309 g/mol. The summed E-state index contributed by atoms with van der Waals surface area (Å²) in [5, 5.41) is 0. The molecule has 2 bridgehead atoms. The van der Waals surface area contributed by atoms with E-state index in [1.54, 1.807) is 12.1 Å². The number of hydrogen-bond donors (Lipinski definition) is 0. The first kappa shape index (κ1) is 12.9. The molecule has 3 unspecified atom stereocenters. The summed E-state index contributed by atoms with van der Waals surface area (Å²) in [5.74, 6) is -0.954. The zero-order valence-corrected chi connectivity index (χ0v) is 11.6. The summed E-state index contributed by atoms with van der Waals surface area (Å²) in [5.41, 5.74) is 0.131. The molecule has 1 aromatic carbocycles. The molecule has 3 aliphatic rings. The summed E-state index contributed by atoms with van der Waals surface area (Å²) in [6.45, 7) is 0.108. The summed E-state index contributed by atoms with van der Waals surface area (Å²) < 4.78 is 36.4. The molecular weight excluding hydrogens is 298 g/mol. The molecule has 3 aliphatic heterocycles. The highest BCUT2D eigenvalue weighted by atomic mass is 32.2. The zero-order chi connectivity index (χ0) is 14.8. The first-order valence-corrected chi connectivity index (χ1v) is 7.92. The Morgan fingerprint density at radius 3 is 2.71 bits per heavy atom. The molecule has 1 amide bonds. The molecule has 2 saturated heterocycles. The van der Waals surface area contributed by atoms with Gasteiger partial charge in [-0.05, 0) is 12.1 Å². The van der Waals surface area contributed by atoms with Gasteiger partial charge in [-0.3, -0.25) is 9.59 Å². The maximum atomic E-state index is 12.6. The van der Waals surface area contributed by atoms with E-state index in [1.165, 1.54) is 12.1 Å². The van der Waals surface area contributed by atoms with Crippen LogP contribution in [0.4, 0.5) is 0 Å². The summed E-state index contributed by atoms with van der Waals surface area (Å²) in [6.07, 6.45) is -1.59. The van der Waals surface area contributed by atoms with Crippen LogP contribution < -0.4 is 0 Å². The van der Waals surface area contributed by atoms with E-state index in [0.29, 0.717) is 0 Å². The number of nitrogens with zero attached hydrogens (tertiary/aromatic N) is 1. The van der Waals surface area contributed by atoms with E-state index < -0.39 is 34.4 Å². The van der Waals surface area contributed by atoms with Crippen molar-refractivity contribution in [2.24, 2.45) is 0 Å². The molecule has 0 aromatic heterocycles. The number of Topliss-reactive ketones (excluding diaryl/α,β-unsaturated/α-hetero) is 1. The van der Waals surface area contributed by atoms with Crippen LogP contribution in [0.25, 0.3) is 0 Å². The highest BCUT2D eigenvalue weighted by Crippen LogP contribution is 2.37. The third kappa shape index (κ3) is 1.63. The first-order valence-electron chi connectivity index (χ1n) is 6.48. The van der Waals surface area contributed by atoms with Gasteiger partial charge >= 0.3 is 0 Å². The molecule has 3 heterocycles. The lowest BCUT2D eigenvalue weighted by molar-refractivity contribution is -0.155. The Hall–Kier alpha value is -1.77. The average Bonchev–Trinajstić information content (AvgIpc) is 2.97. The van der Waals surface area contributed by atoms with Crippen LogP contribution in [0.2, 0.25) is 0 Å². The van der Waals surface area contributed by atoms with Gasteiger partial charge in [-0.1, -0.05) is 12.1 Å². The minimum Gasteiger partial charge on any atom is -0.343 e. The van der Waals surface area contributed by atoms with Crippen molar-refractivity contribution < 1.29 is 27.5 Å². The van der Waals surface area contributed by atoms with E-state index in [-0.39, 0.29) is 29.3 Å². The van der Waals surface area contributed by atoms with E-state index >= 15 is 0 Å². The van der Waals surface area contributed by atoms with Crippen LogP contribution in [0.3, 0.4) is 0 Å². The van der Waals surface area contributed by atoms with Crippen molar-refractivity contribution in [3.05, 3.63) is 29.8 Å². The van der Waals surface area contributed by atoms with Gasteiger partial charge in [0.25, 0.3) is 15.9 Å². The van der Waals surface area contributed by atoms with Crippen molar-refractivity contribution in [3.63, 3.8) is 0 Å². The molecule has 21 heavy (non-hydrogen) atoms. The topological polar surface area (TPSA) is 90.0 Å². The first-order chi connectivity index (χ1) is 10.00. The Morgan fingerprint density at radius 1 is 1.19 bits per heavy atom. The number of benzene rings is 1. The summed E-state index contributed by atoms with van der Waals surface area (Å²) in [7, 11) is -3.95. The van der Waals surface area contributed by atoms with E-state index in [0.717, 1.165) is 4.31 Å². The molecule has 8 heteroatoms. The molecule has 0 aliphatic carbocycles. The lowest BCUT2D eigenvalue weighted by Crippen LogP contribution is -2.52. The predicted octanol–water partition coefficient (Wildman–Crippen LogP) is -0.0860. The molecule has 0 radical (unpaired) electrons. The third-order valence-corrected chi connectivity index (χ3v) is 5.83. The maximum absolute atomic E-state index is 12.6. The maximum Gasteiger partial charge on any atom is 0.269 e. The Balaban J connectivity index is 1.80. The van der Waals surface area contributed by atoms with Gasteiger partial charge in [0.2, 0.25) is 6.29 Å². The highest BCUT2D eigenvalue weighted by molar-refractivity contribution is 7.90.